The maximum Gasteiger partial charge on any atom is 0.328 e. The van der Waals surface area contributed by atoms with Crippen LogP contribution in [0, 0.1) is 19.8 Å². The van der Waals surface area contributed by atoms with Crippen molar-refractivity contribution in [2.45, 2.75) is 46.6 Å². The zero-order valence-corrected chi connectivity index (χ0v) is 18.7. The number of ether oxygens (including phenoxy) is 1. The van der Waals surface area contributed by atoms with E-state index >= 15 is 0 Å². The zero-order chi connectivity index (χ0) is 22.8. The number of hydrogen-bond acceptors (Lipinski definition) is 4. The Hall–Kier alpha value is -3.15. The van der Waals surface area contributed by atoms with Crippen LogP contribution < -0.4 is 10.6 Å². The van der Waals surface area contributed by atoms with Crippen LogP contribution in [-0.4, -0.2) is 37.0 Å². The molecule has 0 fully saturated rings. The van der Waals surface area contributed by atoms with Gasteiger partial charge in [0.25, 0.3) is 5.91 Å². The average molecular weight is 425 g/mol. The highest BCUT2D eigenvalue weighted by Gasteiger charge is 2.26. The highest BCUT2D eigenvalue weighted by atomic mass is 16.5. The summed E-state index contributed by atoms with van der Waals surface area (Å²) in [6, 6.07) is 14.5. The van der Waals surface area contributed by atoms with Gasteiger partial charge in [0.15, 0.2) is 0 Å². The lowest BCUT2D eigenvalue weighted by Crippen LogP contribution is -2.45. The molecule has 166 valence electrons. The molecule has 2 aromatic carbocycles. The van der Waals surface area contributed by atoms with Crippen LogP contribution in [-0.2, 0) is 20.7 Å². The van der Waals surface area contributed by atoms with Crippen molar-refractivity contribution in [2.75, 3.05) is 13.2 Å². The summed E-state index contributed by atoms with van der Waals surface area (Å²) in [5.74, 6) is -1.05. The van der Waals surface area contributed by atoms with E-state index in [9.17, 15) is 14.4 Å². The molecular weight excluding hydrogens is 392 g/mol. The average Bonchev–Trinajstić information content (AvgIpc) is 2.74. The van der Waals surface area contributed by atoms with E-state index < -0.39 is 12.0 Å². The van der Waals surface area contributed by atoms with Gasteiger partial charge in [-0.05, 0) is 43.9 Å². The molecule has 1 unspecified atom stereocenters. The van der Waals surface area contributed by atoms with Gasteiger partial charge in [0, 0.05) is 12.0 Å². The van der Waals surface area contributed by atoms with Gasteiger partial charge in [-0.3, -0.25) is 9.59 Å². The number of carbonyl (C=O) groups is 3. The molecule has 6 heteroatoms. The van der Waals surface area contributed by atoms with Crippen LogP contribution in [0.15, 0.2) is 48.5 Å². The fourth-order valence-corrected chi connectivity index (χ4v) is 3.04. The first-order valence-electron chi connectivity index (χ1n) is 10.6. The molecule has 6 nitrogen and oxygen atoms in total. The molecule has 0 saturated heterocycles. The number of benzene rings is 2. The van der Waals surface area contributed by atoms with Crippen LogP contribution in [0.25, 0.3) is 0 Å². The maximum absolute atomic E-state index is 12.5. The van der Waals surface area contributed by atoms with Gasteiger partial charge >= 0.3 is 5.97 Å². The van der Waals surface area contributed by atoms with Crippen molar-refractivity contribution in [3.63, 3.8) is 0 Å². The Balaban J connectivity index is 1.74. The predicted octanol–water partition coefficient (Wildman–Crippen LogP) is 3.35. The minimum Gasteiger partial charge on any atom is -0.462 e. The van der Waals surface area contributed by atoms with E-state index in [0.717, 1.165) is 11.1 Å². The normalized spacial score (nSPS) is 11.6. The van der Waals surface area contributed by atoms with Gasteiger partial charge < -0.3 is 15.4 Å². The molecule has 31 heavy (non-hydrogen) atoms. The molecule has 0 bridgehead atoms. The van der Waals surface area contributed by atoms with E-state index in [-0.39, 0.29) is 30.9 Å². The molecule has 0 aliphatic rings. The quantitative estimate of drug-likeness (QED) is 0.453. The molecule has 2 N–H and O–H groups in total. The standard InChI is InChI=1S/C25H32N2O4/c1-17(2)23(27-24(29)21-7-5-6-19(4)16-21)25(30)31-15-14-26-22(28)13-12-20-10-8-18(3)9-11-20/h5-11,16-17,23H,12-15H2,1-4H3,(H,26,28)(H,27,29). The first kappa shape index (κ1) is 24.1. The third kappa shape index (κ3) is 8.24. The lowest BCUT2D eigenvalue weighted by molar-refractivity contribution is -0.147. The summed E-state index contributed by atoms with van der Waals surface area (Å²) in [6.45, 7) is 7.90. The van der Waals surface area contributed by atoms with Gasteiger partial charge in [-0.15, -0.1) is 0 Å². The molecule has 2 rings (SSSR count). The molecule has 0 radical (unpaired) electrons. The number of amides is 2. The third-order valence-corrected chi connectivity index (χ3v) is 4.92. The highest BCUT2D eigenvalue weighted by molar-refractivity contribution is 5.97. The maximum atomic E-state index is 12.5. The van der Waals surface area contributed by atoms with Crippen LogP contribution >= 0.6 is 0 Å². The monoisotopic (exact) mass is 424 g/mol. The Morgan fingerprint density at radius 3 is 2.32 bits per heavy atom. The summed E-state index contributed by atoms with van der Waals surface area (Å²) in [7, 11) is 0. The Bertz CT molecular complexity index is 891. The SMILES string of the molecule is Cc1ccc(CCC(=O)NCCOC(=O)C(NC(=O)c2cccc(C)c2)C(C)C)cc1. The number of hydrogen-bond donors (Lipinski definition) is 2. The summed E-state index contributed by atoms with van der Waals surface area (Å²) in [6.07, 6.45) is 1.03. The second-order valence-corrected chi connectivity index (χ2v) is 8.07. The zero-order valence-electron chi connectivity index (χ0n) is 18.7. The summed E-state index contributed by atoms with van der Waals surface area (Å²) in [4.78, 5) is 36.9. The fraction of sp³-hybridized carbons (Fsp3) is 0.400. The molecule has 2 amide bonds. The molecule has 0 aliphatic carbocycles. The Morgan fingerprint density at radius 2 is 1.68 bits per heavy atom. The Labute approximate surface area is 184 Å². The molecule has 0 spiro atoms. The molecule has 0 heterocycles. The van der Waals surface area contributed by atoms with Crippen molar-refractivity contribution in [2.24, 2.45) is 5.92 Å². The lowest BCUT2D eigenvalue weighted by atomic mass is 10.0. The Morgan fingerprint density at radius 1 is 0.968 bits per heavy atom. The summed E-state index contributed by atoms with van der Waals surface area (Å²) in [5.41, 5.74) is 3.76. The van der Waals surface area contributed by atoms with Crippen molar-refractivity contribution in [1.29, 1.82) is 0 Å². The second-order valence-electron chi connectivity index (χ2n) is 8.07. The van der Waals surface area contributed by atoms with E-state index in [1.54, 1.807) is 18.2 Å². The number of carbonyl (C=O) groups excluding carboxylic acids is 3. The largest absolute Gasteiger partial charge is 0.462 e. The van der Waals surface area contributed by atoms with Crippen LogP contribution in [0.2, 0.25) is 0 Å². The first-order chi connectivity index (χ1) is 14.8. The smallest absolute Gasteiger partial charge is 0.328 e. The van der Waals surface area contributed by atoms with E-state index in [4.69, 9.17) is 4.74 Å². The first-order valence-corrected chi connectivity index (χ1v) is 10.6. The molecule has 2 aromatic rings. The molecular formula is C25H32N2O4. The van der Waals surface area contributed by atoms with Crippen molar-refractivity contribution >= 4 is 17.8 Å². The minimum absolute atomic E-state index is 0.0542. The summed E-state index contributed by atoms with van der Waals surface area (Å²) >= 11 is 0. The second kappa shape index (κ2) is 11.9. The van der Waals surface area contributed by atoms with Gasteiger partial charge in [-0.1, -0.05) is 61.4 Å². The topological polar surface area (TPSA) is 84.5 Å². The van der Waals surface area contributed by atoms with Crippen molar-refractivity contribution in [1.82, 2.24) is 10.6 Å². The highest BCUT2D eigenvalue weighted by Crippen LogP contribution is 2.09. The minimum atomic E-state index is -0.759. The number of rotatable bonds is 10. The molecule has 0 saturated carbocycles. The number of esters is 1. The van der Waals surface area contributed by atoms with Gasteiger partial charge in [0.1, 0.15) is 12.6 Å². The van der Waals surface area contributed by atoms with Crippen LogP contribution in [0.3, 0.4) is 0 Å². The van der Waals surface area contributed by atoms with Crippen LogP contribution in [0.5, 0.6) is 0 Å². The van der Waals surface area contributed by atoms with E-state index in [0.29, 0.717) is 18.4 Å². The van der Waals surface area contributed by atoms with E-state index in [2.05, 4.69) is 10.6 Å². The van der Waals surface area contributed by atoms with Gasteiger partial charge in [0.2, 0.25) is 5.91 Å². The fourth-order valence-electron chi connectivity index (χ4n) is 3.04. The predicted molar refractivity (Wildman–Crippen MR) is 121 cm³/mol. The summed E-state index contributed by atoms with van der Waals surface area (Å²) in [5, 5.41) is 5.51. The van der Waals surface area contributed by atoms with Crippen LogP contribution in [0.1, 0.15) is 47.3 Å². The number of aryl methyl sites for hydroxylation is 3. The van der Waals surface area contributed by atoms with Crippen molar-refractivity contribution < 1.29 is 19.1 Å². The molecule has 0 aliphatic heterocycles. The third-order valence-electron chi connectivity index (χ3n) is 4.92. The van der Waals surface area contributed by atoms with Crippen molar-refractivity contribution in [3.05, 3.63) is 70.8 Å². The molecule has 0 aromatic heterocycles. The van der Waals surface area contributed by atoms with E-state index in [1.165, 1.54) is 5.56 Å². The van der Waals surface area contributed by atoms with Gasteiger partial charge in [-0.25, -0.2) is 4.79 Å². The number of nitrogens with one attached hydrogen (secondary N) is 2. The van der Waals surface area contributed by atoms with Gasteiger partial charge in [0.05, 0.1) is 6.54 Å². The summed E-state index contributed by atoms with van der Waals surface area (Å²) < 4.78 is 5.28. The lowest BCUT2D eigenvalue weighted by Gasteiger charge is -2.21. The molecule has 1 atom stereocenters. The van der Waals surface area contributed by atoms with Gasteiger partial charge in [-0.2, -0.15) is 0 Å². The Kier molecular flexibility index (Phi) is 9.25. The van der Waals surface area contributed by atoms with E-state index in [1.807, 2.05) is 58.0 Å². The van der Waals surface area contributed by atoms with Crippen molar-refractivity contribution in [3.8, 4) is 0 Å². The van der Waals surface area contributed by atoms with Crippen LogP contribution in [0.4, 0.5) is 0 Å².